The van der Waals surface area contributed by atoms with Crippen LogP contribution >= 0.6 is 0 Å². The van der Waals surface area contributed by atoms with Crippen LogP contribution in [0.1, 0.15) is 71.3 Å². The highest BCUT2D eigenvalue weighted by atomic mass is 16.7. The molecule has 0 spiro atoms. The highest BCUT2D eigenvalue weighted by Crippen LogP contribution is 2.58. The summed E-state index contributed by atoms with van der Waals surface area (Å²) < 4.78 is 77.9. The minimum absolute atomic E-state index is 0.0974. The van der Waals surface area contributed by atoms with Gasteiger partial charge in [-0.2, -0.15) is 0 Å². The monoisotopic (exact) mass is 912 g/mol. The lowest BCUT2D eigenvalue weighted by atomic mass is 9.66. The molecule has 0 bridgehead atoms. The van der Waals surface area contributed by atoms with E-state index in [4.69, 9.17) is 66.3 Å². The standard InChI is InChI=1S/2C24H24O9/c2*1-11(25)33-22-14-8-17-16(31-10-32-17)7-13(14)20(21-15(22)9-30-24(21)26)12-5-18(27-2)23(29-4)19(6-12)28-3/h2*5-8,15,20-22H,9-10H2,1-4H3. The minimum atomic E-state index is -0.651. The maximum absolute atomic E-state index is 13.0. The van der Waals surface area contributed by atoms with Crippen LogP contribution in [0.25, 0.3) is 0 Å². The van der Waals surface area contributed by atoms with E-state index in [0.29, 0.717) is 57.5 Å². The summed E-state index contributed by atoms with van der Waals surface area (Å²) in [5.74, 6) is 0.766. The Balaban J connectivity index is 0.000000166. The second kappa shape index (κ2) is 17.6. The van der Waals surface area contributed by atoms with Gasteiger partial charge in [-0.25, -0.2) is 0 Å². The smallest absolute Gasteiger partial charge is 0.310 e. The highest BCUT2D eigenvalue weighted by molar-refractivity contribution is 5.80. The van der Waals surface area contributed by atoms with Crippen molar-refractivity contribution in [3.8, 4) is 57.5 Å². The largest absolute Gasteiger partial charge is 0.493 e. The number of benzene rings is 4. The summed E-state index contributed by atoms with van der Waals surface area (Å²) in [6.45, 7) is 3.20. The van der Waals surface area contributed by atoms with Gasteiger partial charge in [0.1, 0.15) is 12.2 Å². The van der Waals surface area contributed by atoms with Crippen molar-refractivity contribution < 1.29 is 85.5 Å². The Bertz CT molecular complexity index is 2380. The summed E-state index contributed by atoms with van der Waals surface area (Å²) in [6.07, 6.45) is -1.30. The molecule has 0 N–H and O–H groups in total. The summed E-state index contributed by atoms with van der Waals surface area (Å²) in [7, 11) is 9.22. The van der Waals surface area contributed by atoms with E-state index < -0.39 is 47.8 Å². The summed E-state index contributed by atoms with van der Waals surface area (Å²) in [4.78, 5) is 49.9. The first-order valence-corrected chi connectivity index (χ1v) is 21.1. The Morgan fingerprint density at radius 3 is 1.06 bits per heavy atom. The number of fused-ring (bicyclic) bond motifs is 6. The van der Waals surface area contributed by atoms with Crippen LogP contribution in [-0.4, -0.2) is 93.3 Å². The van der Waals surface area contributed by atoms with Crippen molar-refractivity contribution in [3.63, 3.8) is 0 Å². The number of carbonyl (C=O) groups is 4. The molecule has 0 saturated carbocycles. The van der Waals surface area contributed by atoms with Gasteiger partial charge in [0.15, 0.2) is 46.0 Å². The minimum Gasteiger partial charge on any atom is -0.493 e. The van der Waals surface area contributed by atoms with E-state index in [1.165, 1.54) is 56.5 Å². The van der Waals surface area contributed by atoms with Gasteiger partial charge in [0, 0.05) is 48.6 Å². The van der Waals surface area contributed by atoms with Crippen LogP contribution in [0.15, 0.2) is 48.5 Å². The zero-order chi connectivity index (χ0) is 46.6. The first-order valence-electron chi connectivity index (χ1n) is 21.1. The summed E-state index contributed by atoms with van der Waals surface area (Å²) >= 11 is 0. The number of cyclic esters (lactones) is 2. The molecule has 0 aromatic heterocycles. The Morgan fingerprint density at radius 1 is 0.455 bits per heavy atom. The number of hydrogen-bond acceptors (Lipinski definition) is 18. The second-order valence-corrected chi connectivity index (χ2v) is 16.2. The Hall–Kier alpha value is -7.24. The van der Waals surface area contributed by atoms with Gasteiger partial charge in [-0.3, -0.25) is 19.2 Å². The van der Waals surface area contributed by atoms with Gasteiger partial charge in [-0.1, -0.05) is 0 Å². The van der Waals surface area contributed by atoms with Crippen molar-refractivity contribution in [2.75, 3.05) is 69.5 Å². The number of esters is 4. The molecule has 348 valence electrons. The number of methoxy groups -OCH3 is 6. The molecule has 18 nitrogen and oxygen atoms in total. The SMILES string of the molecule is COc1cc(C2c3cc4c(cc3C(OC(C)=O)C3COC(=O)C23)OCO4)cc(OC)c1OC.COc1cc(C2c3cc4c(cc3C(OC(C)=O)C3COC(=O)C23)OCO4)cc(OC)c1OC. The molecule has 4 aromatic rings. The van der Waals surface area contributed by atoms with Crippen molar-refractivity contribution in [2.45, 2.75) is 37.9 Å². The fourth-order valence-corrected chi connectivity index (χ4v) is 10.2. The second-order valence-electron chi connectivity index (χ2n) is 16.2. The zero-order valence-corrected chi connectivity index (χ0v) is 37.4. The lowest BCUT2D eigenvalue weighted by molar-refractivity contribution is -0.152. The molecule has 4 aliphatic heterocycles. The Morgan fingerprint density at radius 2 is 0.773 bits per heavy atom. The number of hydrogen-bond donors (Lipinski definition) is 0. The summed E-state index contributed by atoms with van der Waals surface area (Å²) in [6, 6.07) is 14.7. The zero-order valence-electron chi connectivity index (χ0n) is 37.4. The molecule has 18 heteroatoms. The van der Waals surface area contributed by atoms with Crippen LogP contribution in [-0.2, 0) is 38.1 Å². The first-order chi connectivity index (χ1) is 31.9. The molecule has 66 heavy (non-hydrogen) atoms. The molecule has 8 unspecified atom stereocenters. The highest BCUT2D eigenvalue weighted by Gasteiger charge is 2.55. The van der Waals surface area contributed by atoms with Gasteiger partial charge in [0.05, 0.1) is 67.7 Å². The van der Waals surface area contributed by atoms with Gasteiger partial charge in [-0.15, -0.1) is 0 Å². The fourth-order valence-electron chi connectivity index (χ4n) is 10.2. The average molecular weight is 913 g/mol. The predicted octanol–water partition coefficient (Wildman–Crippen LogP) is 5.96. The number of carbonyl (C=O) groups excluding carboxylic acids is 4. The normalized spacial score (nSPS) is 24.4. The van der Waals surface area contributed by atoms with E-state index in [9.17, 15) is 19.2 Å². The van der Waals surface area contributed by atoms with Gasteiger partial charge < -0.3 is 66.3 Å². The number of ether oxygens (including phenoxy) is 14. The molecular formula is C48H48O18. The average Bonchev–Trinajstić information content (AvgIpc) is 4.14. The maximum Gasteiger partial charge on any atom is 0.310 e. The molecule has 4 aromatic carbocycles. The third-order valence-corrected chi connectivity index (χ3v) is 12.9. The van der Waals surface area contributed by atoms with E-state index in [1.54, 1.807) is 0 Å². The van der Waals surface area contributed by atoms with E-state index >= 15 is 0 Å². The van der Waals surface area contributed by atoms with Crippen molar-refractivity contribution in [1.82, 2.24) is 0 Å². The first kappa shape index (κ1) is 44.0. The third-order valence-electron chi connectivity index (χ3n) is 12.9. The van der Waals surface area contributed by atoms with Crippen LogP contribution in [0.3, 0.4) is 0 Å². The van der Waals surface area contributed by atoms with Crippen molar-refractivity contribution >= 4 is 23.9 Å². The van der Waals surface area contributed by atoms with Crippen molar-refractivity contribution in [2.24, 2.45) is 23.7 Å². The van der Waals surface area contributed by atoms with Crippen LogP contribution in [0.2, 0.25) is 0 Å². The molecule has 0 amide bonds. The number of rotatable bonds is 10. The Kier molecular flexibility index (Phi) is 11.7. The topological polar surface area (TPSA) is 197 Å². The molecule has 0 radical (unpaired) electrons. The molecule has 6 aliphatic rings. The molecule has 2 saturated heterocycles. The van der Waals surface area contributed by atoms with E-state index in [2.05, 4.69) is 0 Å². The van der Waals surface area contributed by atoms with Crippen molar-refractivity contribution in [1.29, 1.82) is 0 Å². The lowest BCUT2D eigenvalue weighted by Crippen LogP contribution is -2.36. The summed E-state index contributed by atoms with van der Waals surface area (Å²) in [5, 5.41) is 0. The lowest BCUT2D eigenvalue weighted by Gasteiger charge is -2.38. The van der Waals surface area contributed by atoms with Crippen LogP contribution in [0.4, 0.5) is 0 Å². The molecule has 10 rings (SSSR count). The molecule has 2 fully saturated rings. The van der Waals surface area contributed by atoms with Crippen LogP contribution in [0, 0.1) is 23.7 Å². The van der Waals surface area contributed by atoms with E-state index in [-0.39, 0.29) is 50.6 Å². The third kappa shape index (κ3) is 7.37. The molecule has 8 atom stereocenters. The summed E-state index contributed by atoms with van der Waals surface area (Å²) in [5.41, 5.74) is 4.65. The van der Waals surface area contributed by atoms with E-state index in [1.807, 2.05) is 48.5 Å². The molecule has 4 heterocycles. The van der Waals surface area contributed by atoms with Gasteiger partial charge in [-0.05, 0) is 70.8 Å². The van der Waals surface area contributed by atoms with Crippen LogP contribution in [0.5, 0.6) is 57.5 Å². The maximum atomic E-state index is 13.0. The van der Waals surface area contributed by atoms with Crippen molar-refractivity contribution in [3.05, 3.63) is 81.9 Å². The van der Waals surface area contributed by atoms with Gasteiger partial charge >= 0.3 is 23.9 Å². The molecule has 2 aliphatic carbocycles. The predicted molar refractivity (Wildman–Crippen MR) is 226 cm³/mol. The Labute approximate surface area is 379 Å². The quantitative estimate of drug-likeness (QED) is 0.133. The van der Waals surface area contributed by atoms with Gasteiger partial charge in [0.25, 0.3) is 0 Å². The van der Waals surface area contributed by atoms with Gasteiger partial charge in [0.2, 0.25) is 25.1 Å². The van der Waals surface area contributed by atoms with Crippen LogP contribution < -0.4 is 47.4 Å². The fraction of sp³-hybridized carbons (Fsp3) is 0.417. The molecular weight excluding hydrogens is 865 g/mol. The van der Waals surface area contributed by atoms with E-state index in [0.717, 1.165) is 33.4 Å².